The number of hydrogen-bond acceptors (Lipinski definition) is 6. The lowest BCUT2D eigenvalue weighted by Crippen LogP contribution is -2.54. The summed E-state index contributed by atoms with van der Waals surface area (Å²) in [7, 11) is 0. The van der Waals surface area contributed by atoms with Crippen molar-refractivity contribution in [3.8, 4) is 0 Å². The minimum atomic E-state index is -0.897. The quantitative estimate of drug-likeness (QED) is 0.274. The molecule has 180 valence electrons. The summed E-state index contributed by atoms with van der Waals surface area (Å²) >= 11 is 0. The second-order valence-corrected chi connectivity index (χ2v) is 8.49. The number of hydrogen-bond donors (Lipinski definition) is 6. The average Bonchev–Trinajstić information content (AvgIpc) is 2.70. The van der Waals surface area contributed by atoms with Crippen molar-refractivity contribution in [1.82, 2.24) is 31.9 Å². The van der Waals surface area contributed by atoms with Crippen LogP contribution < -0.4 is 31.9 Å². The molecule has 0 unspecified atom stereocenters. The SMILES string of the molecule is CC(C)C[C@@H]1NC(=O)CNC(=O)CNC(=O)[C@H](CC(C)C)NC(=O)CNC(=O)CNC1=O. The van der Waals surface area contributed by atoms with Gasteiger partial charge in [-0.15, -0.1) is 0 Å². The summed E-state index contributed by atoms with van der Waals surface area (Å²) in [6.07, 6.45) is 0.645. The van der Waals surface area contributed by atoms with Crippen LogP contribution in [-0.4, -0.2) is 73.7 Å². The van der Waals surface area contributed by atoms with Gasteiger partial charge in [-0.05, 0) is 24.7 Å². The van der Waals surface area contributed by atoms with Crippen LogP contribution in [0.15, 0.2) is 0 Å². The van der Waals surface area contributed by atoms with Crippen LogP contribution in [-0.2, 0) is 28.8 Å². The van der Waals surface area contributed by atoms with Crippen molar-refractivity contribution >= 4 is 35.4 Å². The van der Waals surface area contributed by atoms with Gasteiger partial charge in [0.1, 0.15) is 12.1 Å². The second-order valence-electron chi connectivity index (χ2n) is 8.49. The van der Waals surface area contributed by atoms with Crippen LogP contribution in [0.2, 0.25) is 0 Å². The molecule has 0 bridgehead atoms. The molecule has 0 aromatic heterocycles. The fourth-order valence-electron chi connectivity index (χ4n) is 2.96. The first-order valence-electron chi connectivity index (χ1n) is 10.7. The van der Waals surface area contributed by atoms with Crippen molar-refractivity contribution in [2.24, 2.45) is 11.8 Å². The molecule has 6 amide bonds. The Kier molecular flexibility index (Phi) is 11.1. The van der Waals surface area contributed by atoms with E-state index >= 15 is 0 Å². The Hall–Kier alpha value is -3.18. The van der Waals surface area contributed by atoms with E-state index in [9.17, 15) is 28.8 Å². The summed E-state index contributed by atoms with van der Waals surface area (Å²) in [4.78, 5) is 73.2. The Morgan fingerprint density at radius 2 is 0.875 bits per heavy atom. The third-order valence-corrected chi connectivity index (χ3v) is 4.46. The van der Waals surface area contributed by atoms with Gasteiger partial charge in [0.15, 0.2) is 0 Å². The smallest absolute Gasteiger partial charge is 0.243 e. The third kappa shape index (κ3) is 10.7. The second kappa shape index (κ2) is 13.3. The first kappa shape index (κ1) is 26.9. The van der Waals surface area contributed by atoms with E-state index < -0.39 is 47.5 Å². The van der Waals surface area contributed by atoms with Crippen molar-refractivity contribution in [3.05, 3.63) is 0 Å². The van der Waals surface area contributed by atoms with Gasteiger partial charge in [-0.3, -0.25) is 28.8 Å². The number of carbonyl (C=O) groups is 6. The zero-order chi connectivity index (χ0) is 24.3. The molecule has 6 N–H and O–H groups in total. The van der Waals surface area contributed by atoms with E-state index in [4.69, 9.17) is 0 Å². The number of carbonyl (C=O) groups excluding carboxylic acids is 6. The average molecular weight is 455 g/mol. The van der Waals surface area contributed by atoms with E-state index in [0.29, 0.717) is 12.8 Å². The molecule has 1 saturated heterocycles. The zero-order valence-corrected chi connectivity index (χ0v) is 19.0. The van der Waals surface area contributed by atoms with Crippen molar-refractivity contribution < 1.29 is 28.8 Å². The Morgan fingerprint density at radius 1 is 0.562 bits per heavy atom. The summed E-state index contributed by atoms with van der Waals surface area (Å²) in [5, 5.41) is 14.7. The summed E-state index contributed by atoms with van der Waals surface area (Å²) < 4.78 is 0. The maximum Gasteiger partial charge on any atom is 0.243 e. The van der Waals surface area contributed by atoms with Gasteiger partial charge in [-0.2, -0.15) is 0 Å². The monoisotopic (exact) mass is 454 g/mol. The fourth-order valence-corrected chi connectivity index (χ4v) is 2.96. The molecule has 0 radical (unpaired) electrons. The van der Waals surface area contributed by atoms with Gasteiger partial charge >= 0.3 is 0 Å². The fraction of sp³-hybridized carbons (Fsp3) is 0.700. The molecule has 2 atom stereocenters. The van der Waals surface area contributed by atoms with E-state index in [1.165, 1.54) is 0 Å². The standard InChI is InChI=1S/C20H34N6O6/c1-11(2)5-13-19(31)23-7-15(27)22-10-18(30)26-14(6-12(3)4)20(32)24-8-16(28)21-9-17(29)25-13/h11-14H,5-10H2,1-4H3,(H,21,28)(H,22,27)(H,23,31)(H,24,32)(H,25,29)(H,26,30)/t13-,14-/m0/s1. The normalized spacial score (nSPS) is 22.7. The molecule has 1 aliphatic rings. The number of rotatable bonds is 4. The Bertz CT molecular complexity index is 663. The van der Waals surface area contributed by atoms with Gasteiger partial charge in [0.05, 0.1) is 26.2 Å². The molecule has 0 aromatic carbocycles. The van der Waals surface area contributed by atoms with Crippen LogP contribution in [0, 0.1) is 11.8 Å². The third-order valence-electron chi connectivity index (χ3n) is 4.46. The van der Waals surface area contributed by atoms with Gasteiger partial charge in [-0.25, -0.2) is 0 Å². The summed E-state index contributed by atoms with van der Waals surface area (Å²) in [6.45, 7) is 5.93. The number of nitrogens with one attached hydrogen (secondary N) is 6. The minimum absolute atomic E-state index is 0.0741. The van der Waals surface area contributed by atoms with E-state index in [2.05, 4.69) is 31.9 Å². The van der Waals surface area contributed by atoms with Gasteiger partial charge < -0.3 is 31.9 Å². The molecule has 12 heteroatoms. The highest BCUT2D eigenvalue weighted by Gasteiger charge is 2.25. The molecule has 1 heterocycles. The summed E-state index contributed by atoms with van der Waals surface area (Å²) in [6, 6.07) is -1.79. The first-order valence-corrected chi connectivity index (χ1v) is 10.7. The highest BCUT2D eigenvalue weighted by molar-refractivity contribution is 5.95. The summed E-state index contributed by atoms with van der Waals surface area (Å²) in [5.41, 5.74) is 0. The Balaban J connectivity index is 2.92. The van der Waals surface area contributed by atoms with E-state index in [1.807, 2.05) is 27.7 Å². The van der Waals surface area contributed by atoms with Crippen LogP contribution >= 0.6 is 0 Å². The maximum absolute atomic E-state index is 12.4. The van der Waals surface area contributed by atoms with Gasteiger partial charge in [0, 0.05) is 0 Å². The molecule has 32 heavy (non-hydrogen) atoms. The van der Waals surface area contributed by atoms with E-state index in [1.54, 1.807) is 0 Å². The lowest BCUT2D eigenvalue weighted by atomic mass is 10.0. The Labute approximate surface area is 187 Å². The maximum atomic E-state index is 12.4. The van der Waals surface area contributed by atoms with Crippen LogP contribution in [0.1, 0.15) is 40.5 Å². The van der Waals surface area contributed by atoms with Crippen molar-refractivity contribution in [2.75, 3.05) is 26.2 Å². The van der Waals surface area contributed by atoms with E-state index in [-0.39, 0.29) is 38.0 Å². The van der Waals surface area contributed by atoms with Crippen LogP contribution in [0.25, 0.3) is 0 Å². The van der Waals surface area contributed by atoms with Crippen molar-refractivity contribution in [2.45, 2.75) is 52.6 Å². The predicted molar refractivity (Wildman–Crippen MR) is 115 cm³/mol. The van der Waals surface area contributed by atoms with Crippen LogP contribution in [0.5, 0.6) is 0 Å². The van der Waals surface area contributed by atoms with E-state index in [0.717, 1.165) is 0 Å². The van der Waals surface area contributed by atoms with Crippen LogP contribution in [0.3, 0.4) is 0 Å². The topological polar surface area (TPSA) is 175 Å². The predicted octanol–water partition coefficient (Wildman–Crippen LogP) is -2.47. The zero-order valence-electron chi connectivity index (χ0n) is 19.0. The largest absolute Gasteiger partial charge is 0.346 e. The lowest BCUT2D eigenvalue weighted by molar-refractivity contribution is -0.133. The van der Waals surface area contributed by atoms with Gasteiger partial charge in [0.2, 0.25) is 35.4 Å². The van der Waals surface area contributed by atoms with Crippen LogP contribution in [0.4, 0.5) is 0 Å². The molecular weight excluding hydrogens is 420 g/mol. The van der Waals surface area contributed by atoms with Crippen molar-refractivity contribution in [1.29, 1.82) is 0 Å². The highest BCUT2D eigenvalue weighted by atomic mass is 16.2. The molecule has 0 aliphatic carbocycles. The number of amides is 6. The molecule has 0 spiro atoms. The summed E-state index contributed by atoms with van der Waals surface area (Å²) in [5.74, 6) is -3.31. The molecule has 1 fully saturated rings. The van der Waals surface area contributed by atoms with Gasteiger partial charge in [0.25, 0.3) is 0 Å². The minimum Gasteiger partial charge on any atom is -0.346 e. The molecule has 0 saturated carbocycles. The molecule has 12 nitrogen and oxygen atoms in total. The lowest BCUT2D eigenvalue weighted by Gasteiger charge is -2.22. The highest BCUT2D eigenvalue weighted by Crippen LogP contribution is 2.06. The van der Waals surface area contributed by atoms with Gasteiger partial charge in [-0.1, -0.05) is 27.7 Å². The molecule has 0 aromatic rings. The molecule has 1 rings (SSSR count). The molecular formula is C20H34N6O6. The molecule has 1 aliphatic heterocycles. The first-order chi connectivity index (χ1) is 15.0. The Morgan fingerprint density at radius 3 is 1.19 bits per heavy atom. The van der Waals surface area contributed by atoms with Crippen molar-refractivity contribution in [3.63, 3.8) is 0 Å².